The van der Waals surface area contributed by atoms with Gasteiger partial charge in [-0.05, 0) is 37.0 Å². The van der Waals surface area contributed by atoms with E-state index in [1.165, 1.54) is 17.3 Å². The summed E-state index contributed by atoms with van der Waals surface area (Å²) < 4.78 is 1.80. The molecule has 5 rings (SSSR count). The molecule has 1 aliphatic rings. The highest BCUT2D eigenvalue weighted by molar-refractivity contribution is 6.02. The molecule has 2 heterocycles. The summed E-state index contributed by atoms with van der Waals surface area (Å²) in [7, 11) is 0. The molecule has 1 saturated carbocycles. The minimum absolute atomic E-state index is 0.0325. The second-order valence-corrected chi connectivity index (χ2v) is 10.9. The van der Waals surface area contributed by atoms with Gasteiger partial charge in [0.25, 0.3) is 5.91 Å². The number of nitrogens with zero attached hydrogens (tertiary/aromatic N) is 3. The molecular formula is C30H35N5O2. The van der Waals surface area contributed by atoms with E-state index in [1.807, 2.05) is 49.5 Å². The molecule has 7 nitrogen and oxygen atoms in total. The van der Waals surface area contributed by atoms with E-state index in [4.69, 9.17) is 5.73 Å². The number of hydrogen-bond donors (Lipinski definition) is 3. The van der Waals surface area contributed by atoms with E-state index in [1.54, 1.807) is 4.52 Å². The zero-order chi connectivity index (χ0) is 26.2. The van der Waals surface area contributed by atoms with Crippen molar-refractivity contribution in [3.05, 3.63) is 95.8 Å². The van der Waals surface area contributed by atoms with Crippen molar-refractivity contribution < 1.29 is 9.90 Å². The van der Waals surface area contributed by atoms with Gasteiger partial charge in [0.15, 0.2) is 0 Å². The molecular weight excluding hydrogens is 462 g/mol. The van der Waals surface area contributed by atoms with Crippen LogP contribution in [0, 0.1) is 5.41 Å². The third-order valence-electron chi connectivity index (χ3n) is 8.18. The van der Waals surface area contributed by atoms with Gasteiger partial charge < -0.3 is 21.1 Å². The summed E-state index contributed by atoms with van der Waals surface area (Å²) in [4.78, 5) is 14.7. The summed E-state index contributed by atoms with van der Waals surface area (Å²) in [5.41, 5.74) is 9.75. The average molecular weight is 498 g/mol. The Balaban J connectivity index is 1.56. The van der Waals surface area contributed by atoms with E-state index in [0.29, 0.717) is 17.7 Å². The molecule has 7 heteroatoms. The molecule has 0 saturated heterocycles. The number of aromatic nitrogens is 2. The Morgan fingerprint density at radius 3 is 2.19 bits per heavy atom. The second-order valence-electron chi connectivity index (χ2n) is 10.9. The summed E-state index contributed by atoms with van der Waals surface area (Å²) >= 11 is 0. The molecule has 4 aromatic rings. The molecule has 1 aliphatic carbocycles. The zero-order valence-electron chi connectivity index (χ0n) is 21.7. The number of fused-ring (bicyclic) bond motifs is 1. The van der Waals surface area contributed by atoms with E-state index < -0.39 is 16.9 Å². The van der Waals surface area contributed by atoms with E-state index in [9.17, 15) is 9.90 Å². The topological polar surface area (TPSA) is 95.9 Å². The van der Waals surface area contributed by atoms with Gasteiger partial charge >= 0.3 is 0 Å². The molecule has 1 fully saturated rings. The maximum absolute atomic E-state index is 12.4. The minimum atomic E-state index is -0.809. The van der Waals surface area contributed by atoms with Crippen molar-refractivity contribution in [3.63, 3.8) is 0 Å². The van der Waals surface area contributed by atoms with Crippen LogP contribution in [0.1, 0.15) is 55.1 Å². The third kappa shape index (κ3) is 4.79. The van der Waals surface area contributed by atoms with Crippen molar-refractivity contribution in [2.45, 2.75) is 58.3 Å². The standard InChI is InChI=1S/C30H35N5O2/c1-29(2)26(14-15-30(29,3)37)33-27-24(28(31)36)17-32-35-20-23(16-25(27)35)34(18-21-10-6-4-7-11-21)19-22-12-8-5-9-13-22/h4-13,16-17,20,26,33,37H,14-15,18-19H2,1-3H3,(H2,31,36)/t26-,30+/m1/s1. The monoisotopic (exact) mass is 497 g/mol. The van der Waals surface area contributed by atoms with Gasteiger partial charge in [-0.15, -0.1) is 0 Å². The Labute approximate surface area is 217 Å². The summed E-state index contributed by atoms with van der Waals surface area (Å²) in [6.45, 7) is 7.44. The number of rotatable bonds is 8. The van der Waals surface area contributed by atoms with Crippen LogP contribution < -0.4 is 16.0 Å². The van der Waals surface area contributed by atoms with Crippen LogP contribution in [0.4, 0.5) is 11.4 Å². The Kier molecular flexibility index (Phi) is 6.42. The molecule has 4 N–H and O–H groups in total. The molecule has 2 aromatic heterocycles. The Morgan fingerprint density at radius 1 is 1.08 bits per heavy atom. The van der Waals surface area contributed by atoms with Crippen LogP contribution in [0.15, 0.2) is 79.1 Å². The highest BCUT2D eigenvalue weighted by atomic mass is 16.3. The highest BCUT2D eigenvalue weighted by Gasteiger charge is 2.50. The molecule has 0 radical (unpaired) electrons. The molecule has 1 amide bonds. The Bertz CT molecular complexity index is 1350. The van der Waals surface area contributed by atoms with Crippen molar-refractivity contribution in [1.29, 1.82) is 0 Å². The van der Waals surface area contributed by atoms with E-state index >= 15 is 0 Å². The lowest BCUT2D eigenvalue weighted by Gasteiger charge is -2.38. The Morgan fingerprint density at radius 2 is 1.68 bits per heavy atom. The number of amides is 1. The van der Waals surface area contributed by atoms with E-state index in [-0.39, 0.29) is 6.04 Å². The first-order valence-corrected chi connectivity index (χ1v) is 12.8. The summed E-state index contributed by atoms with van der Waals surface area (Å²) in [6, 6.07) is 22.8. The van der Waals surface area contributed by atoms with Crippen molar-refractivity contribution >= 4 is 22.8 Å². The summed E-state index contributed by atoms with van der Waals surface area (Å²) in [6.07, 6.45) is 4.99. The van der Waals surface area contributed by atoms with Crippen LogP contribution in [0.3, 0.4) is 0 Å². The molecule has 0 bridgehead atoms. The highest BCUT2D eigenvalue weighted by Crippen LogP contribution is 2.47. The summed E-state index contributed by atoms with van der Waals surface area (Å²) in [5.74, 6) is -0.534. The van der Waals surface area contributed by atoms with Gasteiger partial charge in [-0.2, -0.15) is 5.10 Å². The van der Waals surface area contributed by atoms with E-state index in [0.717, 1.165) is 30.7 Å². The lowest BCUT2D eigenvalue weighted by Crippen LogP contribution is -2.45. The van der Waals surface area contributed by atoms with Gasteiger partial charge in [-0.25, -0.2) is 4.52 Å². The molecule has 2 atom stereocenters. The van der Waals surface area contributed by atoms with Crippen LogP contribution in [-0.4, -0.2) is 32.3 Å². The van der Waals surface area contributed by atoms with Crippen LogP contribution in [-0.2, 0) is 13.1 Å². The predicted molar refractivity (Wildman–Crippen MR) is 148 cm³/mol. The quantitative estimate of drug-likeness (QED) is 0.319. The van der Waals surface area contributed by atoms with Gasteiger partial charge in [0, 0.05) is 24.5 Å². The fourth-order valence-corrected chi connectivity index (χ4v) is 5.31. The second kappa shape index (κ2) is 9.56. The average Bonchev–Trinajstić information content (AvgIpc) is 3.39. The van der Waals surface area contributed by atoms with Crippen LogP contribution in [0.5, 0.6) is 0 Å². The number of hydrogen-bond acceptors (Lipinski definition) is 5. The first kappa shape index (κ1) is 24.8. The predicted octanol–water partition coefficient (Wildman–Crippen LogP) is 4.99. The van der Waals surface area contributed by atoms with Crippen molar-refractivity contribution in [2.75, 3.05) is 10.2 Å². The lowest BCUT2D eigenvalue weighted by atomic mass is 9.76. The van der Waals surface area contributed by atoms with Gasteiger partial charge in [0.1, 0.15) is 0 Å². The maximum Gasteiger partial charge on any atom is 0.252 e. The fraction of sp³-hybridized carbons (Fsp3) is 0.333. The van der Waals surface area contributed by atoms with Gasteiger partial charge in [0.05, 0.1) is 40.4 Å². The van der Waals surface area contributed by atoms with Crippen molar-refractivity contribution in [3.8, 4) is 0 Å². The number of nitrogens with one attached hydrogen (secondary N) is 1. The normalized spacial score (nSPS) is 20.7. The van der Waals surface area contributed by atoms with Crippen molar-refractivity contribution in [2.24, 2.45) is 11.1 Å². The molecule has 0 aliphatic heterocycles. The van der Waals surface area contributed by atoms with Crippen LogP contribution in [0.25, 0.3) is 5.52 Å². The number of aliphatic hydroxyl groups is 1. The van der Waals surface area contributed by atoms with Crippen molar-refractivity contribution in [1.82, 2.24) is 9.61 Å². The Hall–Kier alpha value is -3.84. The smallest absolute Gasteiger partial charge is 0.252 e. The largest absolute Gasteiger partial charge is 0.390 e. The number of nitrogens with two attached hydrogens (primary N) is 1. The van der Waals surface area contributed by atoms with Gasteiger partial charge in [-0.1, -0.05) is 74.5 Å². The number of anilines is 2. The number of carbonyl (C=O) groups excluding carboxylic acids is 1. The van der Waals surface area contributed by atoms with Crippen LogP contribution >= 0.6 is 0 Å². The number of carbonyl (C=O) groups is 1. The number of primary amides is 1. The molecule has 0 spiro atoms. The molecule has 37 heavy (non-hydrogen) atoms. The maximum atomic E-state index is 12.4. The zero-order valence-corrected chi connectivity index (χ0v) is 21.7. The molecule has 0 unspecified atom stereocenters. The summed E-state index contributed by atoms with van der Waals surface area (Å²) in [5, 5.41) is 19.1. The van der Waals surface area contributed by atoms with E-state index in [2.05, 4.69) is 59.5 Å². The molecule has 192 valence electrons. The third-order valence-corrected chi connectivity index (χ3v) is 8.18. The van der Waals surface area contributed by atoms with Gasteiger partial charge in [-0.3, -0.25) is 4.79 Å². The SMILES string of the molecule is CC1(C)[C@H](Nc2c(C(N)=O)cnn3cc(N(Cc4ccccc4)Cc4ccccc4)cc23)CC[C@]1(C)O. The fourth-order valence-electron chi connectivity index (χ4n) is 5.31. The first-order chi connectivity index (χ1) is 17.7. The number of benzene rings is 2. The molecule has 2 aromatic carbocycles. The van der Waals surface area contributed by atoms with Gasteiger partial charge in [0.2, 0.25) is 0 Å². The minimum Gasteiger partial charge on any atom is -0.390 e. The lowest BCUT2D eigenvalue weighted by molar-refractivity contribution is -0.0283. The van der Waals surface area contributed by atoms with Crippen LogP contribution in [0.2, 0.25) is 0 Å². The first-order valence-electron chi connectivity index (χ1n) is 12.8.